The van der Waals surface area contributed by atoms with Crippen LogP contribution in [0.15, 0.2) is 30.3 Å². The molecule has 1 unspecified atom stereocenters. The smallest absolute Gasteiger partial charge is 0.120 e. The largest absolute Gasteiger partial charge is 0.489 e. The van der Waals surface area contributed by atoms with Gasteiger partial charge in [0, 0.05) is 17.6 Å². The molecule has 0 spiro atoms. The summed E-state index contributed by atoms with van der Waals surface area (Å²) in [6, 6.07) is 10.3. The van der Waals surface area contributed by atoms with Gasteiger partial charge in [0.05, 0.1) is 5.52 Å². The molecular formula is C15H18N2O. The Kier molecular flexibility index (Phi) is 3.15. The van der Waals surface area contributed by atoms with Gasteiger partial charge in [-0.3, -0.25) is 4.98 Å². The topological polar surface area (TPSA) is 34.1 Å². The Morgan fingerprint density at radius 2 is 2.22 bits per heavy atom. The minimum absolute atomic E-state index is 0.301. The lowest BCUT2D eigenvalue weighted by molar-refractivity contribution is 0.167. The molecule has 0 amide bonds. The van der Waals surface area contributed by atoms with Crippen LogP contribution in [0.4, 0.5) is 0 Å². The van der Waals surface area contributed by atoms with Crippen LogP contribution in [0.3, 0.4) is 0 Å². The van der Waals surface area contributed by atoms with E-state index < -0.39 is 0 Å². The number of pyridine rings is 1. The Bertz CT molecular complexity index is 547. The fourth-order valence-electron chi connectivity index (χ4n) is 2.39. The first-order chi connectivity index (χ1) is 8.81. The van der Waals surface area contributed by atoms with Crippen LogP contribution < -0.4 is 10.1 Å². The molecule has 3 rings (SSSR count). The van der Waals surface area contributed by atoms with Crippen LogP contribution >= 0.6 is 0 Å². The van der Waals surface area contributed by atoms with Crippen molar-refractivity contribution in [1.82, 2.24) is 10.3 Å². The van der Waals surface area contributed by atoms with E-state index in [-0.39, 0.29) is 0 Å². The van der Waals surface area contributed by atoms with E-state index >= 15 is 0 Å². The van der Waals surface area contributed by atoms with Crippen molar-refractivity contribution in [2.24, 2.45) is 0 Å². The lowest BCUT2D eigenvalue weighted by Gasteiger charge is -2.24. The summed E-state index contributed by atoms with van der Waals surface area (Å²) in [6.45, 7) is 4.07. The molecule has 1 aromatic heterocycles. The lowest BCUT2D eigenvalue weighted by Crippen LogP contribution is -2.37. The summed E-state index contributed by atoms with van der Waals surface area (Å²) in [6.07, 6.45) is 2.63. The average molecular weight is 242 g/mol. The summed E-state index contributed by atoms with van der Waals surface area (Å²) < 4.78 is 6.00. The van der Waals surface area contributed by atoms with Crippen LogP contribution in [0.2, 0.25) is 0 Å². The van der Waals surface area contributed by atoms with Crippen LogP contribution in [-0.2, 0) is 0 Å². The number of hydrogen-bond acceptors (Lipinski definition) is 3. The van der Waals surface area contributed by atoms with Gasteiger partial charge in [-0.1, -0.05) is 6.07 Å². The van der Waals surface area contributed by atoms with Crippen molar-refractivity contribution in [1.29, 1.82) is 0 Å². The van der Waals surface area contributed by atoms with Crippen molar-refractivity contribution in [3.63, 3.8) is 0 Å². The van der Waals surface area contributed by atoms with E-state index in [1.165, 1.54) is 6.42 Å². The first-order valence-electron chi connectivity index (χ1n) is 6.56. The van der Waals surface area contributed by atoms with Crippen LogP contribution in [0, 0.1) is 6.92 Å². The Morgan fingerprint density at radius 3 is 3.06 bits per heavy atom. The van der Waals surface area contributed by atoms with Crippen LogP contribution in [0.1, 0.15) is 18.5 Å². The summed E-state index contributed by atoms with van der Waals surface area (Å²) in [5, 5.41) is 4.50. The van der Waals surface area contributed by atoms with Crippen molar-refractivity contribution in [3.05, 3.63) is 36.0 Å². The van der Waals surface area contributed by atoms with E-state index in [1.54, 1.807) is 0 Å². The van der Waals surface area contributed by atoms with E-state index in [4.69, 9.17) is 4.74 Å². The molecule has 0 saturated carbocycles. The highest BCUT2D eigenvalue weighted by molar-refractivity contribution is 5.80. The maximum atomic E-state index is 6.00. The van der Waals surface area contributed by atoms with E-state index in [2.05, 4.69) is 22.4 Å². The van der Waals surface area contributed by atoms with Gasteiger partial charge in [-0.2, -0.15) is 0 Å². The summed E-state index contributed by atoms with van der Waals surface area (Å²) >= 11 is 0. The predicted octanol–water partition coefficient (Wildman–Crippen LogP) is 2.67. The summed E-state index contributed by atoms with van der Waals surface area (Å²) in [4.78, 5) is 4.50. The number of fused-ring (bicyclic) bond motifs is 1. The maximum Gasteiger partial charge on any atom is 0.120 e. The molecule has 0 bridgehead atoms. The molecule has 94 valence electrons. The number of nitrogens with one attached hydrogen (secondary N) is 1. The number of benzene rings is 1. The van der Waals surface area contributed by atoms with Crippen LogP contribution in [0.5, 0.6) is 5.75 Å². The Hall–Kier alpha value is -1.61. The van der Waals surface area contributed by atoms with Crippen molar-refractivity contribution in [3.8, 4) is 5.75 Å². The quantitative estimate of drug-likeness (QED) is 0.879. The van der Waals surface area contributed by atoms with Gasteiger partial charge in [0.1, 0.15) is 11.9 Å². The van der Waals surface area contributed by atoms with Gasteiger partial charge in [0.25, 0.3) is 0 Å². The minimum Gasteiger partial charge on any atom is -0.489 e. The molecule has 1 N–H and O–H groups in total. The molecule has 1 atom stereocenters. The summed E-state index contributed by atoms with van der Waals surface area (Å²) in [5.41, 5.74) is 2.08. The van der Waals surface area contributed by atoms with Gasteiger partial charge in [0.15, 0.2) is 0 Å². The summed E-state index contributed by atoms with van der Waals surface area (Å²) in [7, 11) is 0. The highest BCUT2D eigenvalue weighted by Gasteiger charge is 2.14. The van der Waals surface area contributed by atoms with Crippen molar-refractivity contribution in [2.45, 2.75) is 25.9 Å². The van der Waals surface area contributed by atoms with Gasteiger partial charge >= 0.3 is 0 Å². The monoisotopic (exact) mass is 242 g/mol. The molecule has 2 aromatic rings. The van der Waals surface area contributed by atoms with E-state index in [1.807, 2.05) is 25.1 Å². The number of piperidine rings is 1. The van der Waals surface area contributed by atoms with Crippen molar-refractivity contribution in [2.75, 3.05) is 13.1 Å². The molecular weight excluding hydrogens is 224 g/mol. The third kappa shape index (κ3) is 2.46. The number of rotatable bonds is 2. The minimum atomic E-state index is 0.301. The molecule has 3 nitrogen and oxygen atoms in total. The summed E-state index contributed by atoms with van der Waals surface area (Å²) in [5.74, 6) is 0.946. The molecule has 1 aliphatic rings. The molecule has 2 heterocycles. The number of ether oxygens (including phenoxy) is 1. The highest BCUT2D eigenvalue weighted by Crippen LogP contribution is 2.22. The van der Waals surface area contributed by atoms with E-state index in [0.717, 1.165) is 41.9 Å². The first-order valence-corrected chi connectivity index (χ1v) is 6.56. The Morgan fingerprint density at radius 1 is 1.28 bits per heavy atom. The number of aryl methyl sites for hydroxylation is 1. The lowest BCUT2D eigenvalue weighted by atomic mass is 10.1. The predicted molar refractivity (Wildman–Crippen MR) is 73.0 cm³/mol. The first kappa shape index (κ1) is 11.5. The third-order valence-electron chi connectivity index (χ3n) is 3.35. The van der Waals surface area contributed by atoms with Gasteiger partial charge in [-0.05, 0) is 50.6 Å². The van der Waals surface area contributed by atoms with E-state index in [0.29, 0.717) is 6.10 Å². The third-order valence-corrected chi connectivity index (χ3v) is 3.35. The van der Waals surface area contributed by atoms with Crippen LogP contribution in [0.25, 0.3) is 10.9 Å². The van der Waals surface area contributed by atoms with Crippen molar-refractivity contribution >= 4 is 10.9 Å². The van der Waals surface area contributed by atoms with Gasteiger partial charge in [-0.15, -0.1) is 0 Å². The zero-order chi connectivity index (χ0) is 12.4. The zero-order valence-electron chi connectivity index (χ0n) is 10.6. The van der Waals surface area contributed by atoms with Gasteiger partial charge in [-0.25, -0.2) is 0 Å². The standard InChI is InChI=1S/C15H18N2O/c1-11-4-5-12-9-13(6-7-15(12)17-11)18-14-3-2-8-16-10-14/h4-7,9,14,16H,2-3,8,10H2,1H3. The second-order valence-corrected chi connectivity index (χ2v) is 4.89. The maximum absolute atomic E-state index is 6.00. The SMILES string of the molecule is Cc1ccc2cc(OC3CCCNC3)ccc2n1. The molecule has 1 fully saturated rings. The zero-order valence-corrected chi connectivity index (χ0v) is 10.6. The number of hydrogen-bond donors (Lipinski definition) is 1. The molecule has 0 radical (unpaired) electrons. The Labute approximate surface area is 107 Å². The average Bonchev–Trinajstić information content (AvgIpc) is 2.40. The van der Waals surface area contributed by atoms with Crippen molar-refractivity contribution < 1.29 is 4.74 Å². The fraction of sp³-hybridized carbons (Fsp3) is 0.400. The highest BCUT2D eigenvalue weighted by atomic mass is 16.5. The Balaban J connectivity index is 1.82. The van der Waals surface area contributed by atoms with Gasteiger partial charge in [0.2, 0.25) is 0 Å². The molecule has 18 heavy (non-hydrogen) atoms. The normalized spacial score (nSPS) is 19.9. The van der Waals surface area contributed by atoms with E-state index in [9.17, 15) is 0 Å². The molecule has 3 heteroatoms. The molecule has 1 aliphatic heterocycles. The fourth-order valence-corrected chi connectivity index (χ4v) is 2.39. The number of nitrogens with zero attached hydrogens (tertiary/aromatic N) is 1. The second-order valence-electron chi connectivity index (χ2n) is 4.89. The van der Waals surface area contributed by atoms with Crippen LogP contribution in [-0.4, -0.2) is 24.2 Å². The molecule has 1 aromatic carbocycles. The molecule has 1 saturated heterocycles. The van der Waals surface area contributed by atoms with Gasteiger partial charge < -0.3 is 10.1 Å². The molecule has 0 aliphatic carbocycles. The number of aromatic nitrogens is 1. The second kappa shape index (κ2) is 4.94.